The Labute approximate surface area is 55.8 Å². The van der Waals surface area contributed by atoms with Crippen molar-refractivity contribution in [2.75, 3.05) is 6.54 Å². The fourth-order valence-corrected chi connectivity index (χ4v) is 0.670. The van der Waals surface area contributed by atoms with Crippen LogP contribution in [0.5, 0.6) is 0 Å². The molecule has 0 amide bonds. The Hall–Kier alpha value is -0.980. The number of rotatable bonds is 0. The Balaban J connectivity index is 2.43. The van der Waals surface area contributed by atoms with Crippen molar-refractivity contribution in [1.29, 1.82) is 0 Å². The minimum absolute atomic E-state index is 0.931. The first-order valence-corrected chi connectivity index (χ1v) is 3.20. The van der Waals surface area contributed by atoms with Crippen molar-refractivity contribution in [1.82, 2.24) is 5.32 Å². The second kappa shape index (κ2) is 3.96. The summed E-state index contributed by atoms with van der Waals surface area (Å²) in [6.07, 6.45) is 13.4. The van der Waals surface area contributed by atoms with Crippen molar-refractivity contribution in [2.45, 2.75) is 6.42 Å². The molecule has 48 valence electrons. The van der Waals surface area contributed by atoms with E-state index in [0.717, 1.165) is 13.0 Å². The lowest BCUT2D eigenvalue weighted by Crippen LogP contribution is -2.02. The minimum atomic E-state index is 0.931. The van der Waals surface area contributed by atoms with Crippen LogP contribution in [0.4, 0.5) is 0 Å². The zero-order chi connectivity index (χ0) is 6.36. The van der Waals surface area contributed by atoms with Gasteiger partial charge in [0.25, 0.3) is 0 Å². The van der Waals surface area contributed by atoms with Crippen molar-refractivity contribution >= 4 is 0 Å². The van der Waals surface area contributed by atoms with E-state index in [1.165, 1.54) is 0 Å². The molecule has 1 heterocycles. The number of allylic oxidation sites excluding steroid dienone is 4. The van der Waals surface area contributed by atoms with Gasteiger partial charge in [0.05, 0.1) is 0 Å². The van der Waals surface area contributed by atoms with Gasteiger partial charge in [0.2, 0.25) is 0 Å². The number of nitrogens with one attached hydrogen (secondary N) is 1. The molecule has 0 aromatic carbocycles. The summed E-state index contributed by atoms with van der Waals surface area (Å²) in [6, 6.07) is 0. The molecule has 1 heteroatoms. The van der Waals surface area contributed by atoms with Crippen LogP contribution in [0.3, 0.4) is 0 Å². The lowest BCUT2D eigenvalue weighted by molar-refractivity contribution is 0.981. The smallest absolute Gasteiger partial charge is 0.0328 e. The molecular formula is C8H11N. The second-order valence-electron chi connectivity index (χ2n) is 1.90. The molecular weight excluding hydrogens is 110 g/mol. The molecule has 0 aromatic rings. The summed E-state index contributed by atoms with van der Waals surface area (Å²) in [4.78, 5) is 0. The average Bonchev–Trinajstić information content (AvgIpc) is 2.00. The second-order valence-corrected chi connectivity index (χ2v) is 1.90. The lowest BCUT2D eigenvalue weighted by atomic mass is 10.3. The number of hydrogen-bond donors (Lipinski definition) is 1. The molecule has 0 unspecified atom stereocenters. The highest BCUT2D eigenvalue weighted by Crippen LogP contribution is 1.87. The van der Waals surface area contributed by atoms with Gasteiger partial charge in [0, 0.05) is 6.54 Å². The van der Waals surface area contributed by atoms with Gasteiger partial charge in [0.15, 0.2) is 0 Å². The van der Waals surface area contributed by atoms with E-state index in [1.54, 1.807) is 0 Å². The van der Waals surface area contributed by atoms with E-state index in [4.69, 9.17) is 0 Å². The fourth-order valence-electron chi connectivity index (χ4n) is 0.670. The van der Waals surface area contributed by atoms with Gasteiger partial charge in [-0.25, -0.2) is 0 Å². The molecule has 0 saturated heterocycles. The topological polar surface area (TPSA) is 12.0 Å². The molecule has 1 N–H and O–H groups in total. The van der Waals surface area contributed by atoms with Crippen LogP contribution in [0.2, 0.25) is 0 Å². The van der Waals surface area contributed by atoms with Gasteiger partial charge in [-0.2, -0.15) is 0 Å². The summed E-state index contributed by atoms with van der Waals surface area (Å²) in [5, 5.41) is 3.12. The Morgan fingerprint density at radius 2 is 1.89 bits per heavy atom. The molecule has 1 rings (SSSR count). The van der Waals surface area contributed by atoms with Gasteiger partial charge in [-0.05, 0) is 12.6 Å². The molecule has 9 heavy (non-hydrogen) atoms. The van der Waals surface area contributed by atoms with Crippen LogP contribution in [0, 0.1) is 0 Å². The molecule has 0 aliphatic carbocycles. The van der Waals surface area contributed by atoms with Crippen LogP contribution < -0.4 is 5.32 Å². The van der Waals surface area contributed by atoms with Crippen LogP contribution >= 0.6 is 0 Å². The maximum Gasteiger partial charge on any atom is 0.0328 e. The SMILES string of the molecule is C1=CC/C=C\NCC=C1. The Bertz CT molecular complexity index is 143. The summed E-state index contributed by atoms with van der Waals surface area (Å²) in [6.45, 7) is 0.931. The Morgan fingerprint density at radius 1 is 1.00 bits per heavy atom. The normalized spacial score (nSPS) is 21.3. The van der Waals surface area contributed by atoms with Gasteiger partial charge in [-0.1, -0.05) is 30.4 Å². The van der Waals surface area contributed by atoms with Crippen molar-refractivity contribution in [3.8, 4) is 0 Å². The van der Waals surface area contributed by atoms with Gasteiger partial charge in [0.1, 0.15) is 0 Å². The highest BCUT2D eigenvalue weighted by Gasteiger charge is 1.74. The third kappa shape index (κ3) is 2.75. The molecule has 0 bridgehead atoms. The van der Waals surface area contributed by atoms with Crippen molar-refractivity contribution in [2.24, 2.45) is 0 Å². The van der Waals surface area contributed by atoms with E-state index in [9.17, 15) is 0 Å². The first kappa shape index (κ1) is 6.14. The lowest BCUT2D eigenvalue weighted by Gasteiger charge is -1.89. The van der Waals surface area contributed by atoms with Crippen molar-refractivity contribution in [3.63, 3.8) is 0 Å². The molecule has 1 nitrogen and oxygen atoms in total. The zero-order valence-electron chi connectivity index (χ0n) is 5.38. The van der Waals surface area contributed by atoms with Crippen LogP contribution in [0.25, 0.3) is 0 Å². The molecule has 0 spiro atoms. The predicted octanol–water partition coefficient (Wildman–Crippen LogP) is 1.61. The van der Waals surface area contributed by atoms with Gasteiger partial charge in [-0.3, -0.25) is 0 Å². The molecule has 0 radical (unpaired) electrons. The summed E-state index contributed by atoms with van der Waals surface area (Å²) in [7, 11) is 0. The van der Waals surface area contributed by atoms with E-state index >= 15 is 0 Å². The van der Waals surface area contributed by atoms with Crippen LogP contribution in [0.15, 0.2) is 36.6 Å². The minimum Gasteiger partial charge on any atom is -0.388 e. The van der Waals surface area contributed by atoms with Gasteiger partial charge < -0.3 is 5.32 Å². The predicted molar refractivity (Wildman–Crippen MR) is 40.0 cm³/mol. The molecule has 0 aromatic heterocycles. The van der Waals surface area contributed by atoms with Crippen molar-refractivity contribution in [3.05, 3.63) is 36.6 Å². The summed E-state index contributed by atoms with van der Waals surface area (Å²) < 4.78 is 0. The quantitative estimate of drug-likeness (QED) is 0.513. The summed E-state index contributed by atoms with van der Waals surface area (Å²) in [5.41, 5.74) is 0. The zero-order valence-corrected chi connectivity index (χ0v) is 5.38. The number of hydrogen-bond acceptors (Lipinski definition) is 1. The summed E-state index contributed by atoms with van der Waals surface area (Å²) >= 11 is 0. The fraction of sp³-hybridized carbons (Fsp3) is 0.250. The third-order valence-corrected chi connectivity index (χ3v) is 1.13. The van der Waals surface area contributed by atoms with Gasteiger partial charge in [-0.15, -0.1) is 0 Å². The van der Waals surface area contributed by atoms with E-state index in [1.807, 2.05) is 6.20 Å². The molecule has 0 fully saturated rings. The van der Waals surface area contributed by atoms with Gasteiger partial charge >= 0.3 is 0 Å². The standard InChI is InChI=1S/C8H11N/c1-2-4-6-8-9-7-5-3-1/h1-3,5-6,8-9H,4,7H2/b2-1?,5-3?,8-6-. The van der Waals surface area contributed by atoms with Crippen LogP contribution in [-0.4, -0.2) is 6.54 Å². The van der Waals surface area contributed by atoms with Crippen LogP contribution in [-0.2, 0) is 0 Å². The maximum absolute atomic E-state index is 3.12. The van der Waals surface area contributed by atoms with E-state index in [-0.39, 0.29) is 0 Å². The first-order valence-electron chi connectivity index (χ1n) is 3.20. The Kier molecular flexibility index (Phi) is 2.70. The monoisotopic (exact) mass is 121 g/mol. The van der Waals surface area contributed by atoms with Crippen molar-refractivity contribution < 1.29 is 0 Å². The van der Waals surface area contributed by atoms with E-state index in [0.29, 0.717) is 0 Å². The largest absolute Gasteiger partial charge is 0.388 e. The maximum atomic E-state index is 3.12. The third-order valence-electron chi connectivity index (χ3n) is 1.13. The average molecular weight is 121 g/mol. The van der Waals surface area contributed by atoms with Crippen LogP contribution in [0.1, 0.15) is 6.42 Å². The highest BCUT2D eigenvalue weighted by molar-refractivity contribution is 5.07. The highest BCUT2D eigenvalue weighted by atomic mass is 14.8. The van der Waals surface area contributed by atoms with E-state index < -0.39 is 0 Å². The molecule has 0 saturated carbocycles. The molecule has 1 aliphatic heterocycles. The molecule has 1 aliphatic rings. The molecule has 0 atom stereocenters. The first-order chi connectivity index (χ1) is 4.50. The Morgan fingerprint density at radius 3 is 2.89 bits per heavy atom. The van der Waals surface area contributed by atoms with E-state index in [2.05, 4.69) is 35.7 Å². The summed E-state index contributed by atoms with van der Waals surface area (Å²) in [5.74, 6) is 0.